The Balaban J connectivity index is 0.000000235. The number of hydrogen-bond donors (Lipinski definition) is 3. The van der Waals surface area contributed by atoms with Crippen molar-refractivity contribution in [2.24, 2.45) is 0 Å². The molecule has 0 atom stereocenters. The number of oxazole rings is 1. The van der Waals surface area contributed by atoms with Crippen LogP contribution in [0.4, 0.5) is 0 Å². The summed E-state index contributed by atoms with van der Waals surface area (Å²) in [5, 5.41) is 14.6. The lowest BCUT2D eigenvalue weighted by Crippen LogP contribution is -2.31. The van der Waals surface area contributed by atoms with Crippen molar-refractivity contribution < 1.29 is 14.3 Å². The Morgan fingerprint density at radius 3 is 2.01 bits per heavy atom. The molecule has 0 aliphatic heterocycles. The van der Waals surface area contributed by atoms with E-state index in [4.69, 9.17) is 14.5 Å². The minimum Gasteiger partial charge on any atom is -0.481 e. The number of carboxylic acids is 1. The van der Waals surface area contributed by atoms with Crippen molar-refractivity contribution >= 4 is 68.8 Å². The second-order valence-electron chi connectivity index (χ2n) is 16.3. The van der Waals surface area contributed by atoms with Crippen molar-refractivity contribution in [3.63, 3.8) is 0 Å². The van der Waals surface area contributed by atoms with Crippen LogP contribution in [0, 0.1) is 20.8 Å². The van der Waals surface area contributed by atoms with Crippen LogP contribution in [-0.2, 0) is 48.9 Å². The van der Waals surface area contributed by atoms with Crippen LogP contribution >= 0.6 is 23.5 Å². The van der Waals surface area contributed by atoms with Crippen LogP contribution < -0.4 is 22.5 Å². The summed E-state index contributed by atoms with van der Waals surface area (Å²) in [6.07, 6.45) is 7.63. The number of nitrogens with zero attached hydrogens (tertiary/aromatic N) is 12. The van der Waals surface area contributed by atoms with E-state index in [1.165, 1.54) is 28.1 Å². The fourth-order valence-electron chi connectivity index (χ4n) is 7.70. The molecule has 8 heterocycles. The van der Waals surface area contributed by atoms with Crippen molar-refractivity contribution in [3.05, 3.63) is 124 Å². The Hall–Kier alpha value is -7.14. The van der Waals surface area contributed by atoms with Gasteiger partial charge in [-0.1, -0.05) is 81.1 Å². The number of allylic oxidation sites excluding steroid dienone is 5. The third kappa shape index (κ3) is 11.9. The first-order valence-corrected chi connectivity index (χ1v) is 25.4. The summed E-state index contributed by atoms with van der Waals surface area (Å²) >= 11 is 2.72. The number of aliphatic carboxylic acids is 1. The predicted octanol–water partition coefficient (Wildman–Crippen LogP) is 7.22. The molecule has 0 radical (unpaired) electrons. The van der Waals surface area contributed by atoms with Gasteiger partial charge < -0.3 is 18.7 Å². The lowest BCUT2D eigenvalue weighted by molar-refractivity contribution is -0.136. The average molecular weight is 1010 g/mol. The van der Waals surface area contributed by atoms with Crippen molar-refractivity contribution in [2.45, 2.75) is 143 Å². The second-order valence-corrected chi connectivity index (χ2v) is 18.2. The van der Waals surface area contributed by atoms with Gasteiger partial charge >= 0.3 is 17.3 Å². The first-order chi connectivity index (χ1) is 34.0. The van der Waals surface area contributed by atoms with E-state index in [1.807, 2.05) is 91.2 Å². The SMILES string of the molecule is C=C/C(=C\C=C(C)C)Cn1c(=O)[nH]c(=O)c2c1nc(CSc1nc3nc(C)c(CCC(=O)O)c(C)n3n1)n2CC.CC.CCCCn1c(=O)[nH]c(=O)c2c1nc(CSc1nc3nc(C)ccc3o1)n2CC. The molecular weight excluding hydrogens is 949 g/mol. The smallest absolute Gasteiger partial charge is 0.330 e. The number of hydrogen-bond acceptors (Lipinski definition) is 15. The van der Waals surface area contributed by atoms with Crippen LogP contribution in [0.25, 0.3) is 39.3 Å². The Kier molecular flexibility index (Phi) is 17.7. The Morgan fingerprint density at radius 1 is 0.803 bits per heavy atom. The summed E-state index contributed by atoms with van der Waals surface area (Å²) in [4.78, 5) is 93.5. The summed E-state index contributed by atoms with van der Waals surface area (Å²) in [7, 11) is 0. The van der Waals surface area contributed by atoms with Gasteiger partial charge in [0, 0.05) is 43.1 Å². The fourth-order valence-corrected chi connectivity index (χ4v) is 9.24. The third-order valence-electron chi connectivity index (χ3n) is 11.2. The van der Waals surface area contributed by atoms with Gasteiger partial charge in [0.25, 0.3) is 22.1 Å². The van der Waals surface area contributed by atoms with Gasteiger partial charge in [0.05, 0.1) is 18.1 Å². The number of unbranched alkanes of at least 4 members (excludes halogenated alkanes) is 1. The molecule has 0 saturated carbocycles. The van der Waals surface area contributed by atoms with E-state index < -0.39 is 28.5 Å². The predicted molar refractivity (Wildman–Crippen MR) is 276 cm³/mol. The van der Waals surface area contributed by atoms with Gasteiger partial charge in [-0.05, 0) is 84.6 Å². The van der Waals surface area contributed by atoms with Crippen molar-refractivity contribution in [1.29, 1.82) is 0 Å². The Bertz CT molecular complexity index is 3560. The largest absolute Gasteiger partial charge is 0.481 e. The topological polar surface area (TPSA) is 265 Å². The highest BCUT2D eigenvalue weighted by Crippen LogP contribution is 2.27. The first-order valence-electron chi connectivity index (χ1n) is 23.4. The first kappa shape index (κ1) is 53.2. The molecule has 0 amide bonds. The Labute approximate surface area is 416 Å². The maximum absolute atomic E-state index is 12.8. The van der Waals surface area contributed by atoms with Gasteiger partial charge in [-0.25, -0.2) is 34.0 Å². The summed E-state index contributed by atoms with van der Waals surface area (Å²) < 4.78 is 14.0. The van der Waals surface area contributed by atoms with Crippen LogP contribution in [0.1, 0.15) is 102 Å². The fraction of sp³-hybridized carbons (Fsp3) is 0.417. The number of pyridine rings is 1. The molecular formula is C48H60N14O7S2. The number of carboxylic acid groups (broad SMARTS) is 1. The number of nitrogens with one attached hydrogen (secondary N) is 2. The quantitative estimate of drug-likeness (QED) is 0.0566. The van der Waals surface area contributed by atoms with E-state index in [0.717, 1.165) is 46.6 Å². The number of fused-ring (bicyclic) bond motifs is 4. The number of rotatable bonds is 18. The summed E-state index contributed by atoms with van der Waals surface area (Å²) in [5.41, 5.74) is 5.93. The number of imidazole rings is 2. The minimum atomic E-state index is -0.874. The number of aromatic amines is 2. The molecule has 0 saturated heterocycles. The zero-order chi connectivity index (χ0) is 51.7. The molecule has 8 aromatic rings. The van der Waals surface area contributed by atoms with Crippen molar-refractivity contribution in [1.82, 2.24) is 67.8 Å². The van der Waals surface area contributed by atoms with Gasteiger partial charge in [0.1, 0.15) is 11.6 Å². The van der Waals surface area contributed by atoms with Crippen LogP contribution in [0.15, 0.2) is 82.1 Å². The maximum atomic E-state index is 12.8. The normalized spacial score (nSPS) is 11.5. The highest BCUT2D eigenvalue weighted by molar-refractivity contribution is 7.98. The van der Waals surface area contributed by atoms with Gasteiger partial charge in [-0.15, -0.1) is 5.10 Å². The summed E-state index contributed by atoms with van der Waals surface area (Å²) in [6, 6.07) is 3.72. The van der Waals surface area contributed by atoms with E-state index >= 15 is 0 Å². The van der Waals surface area contributed by atoms with Crippen LogP contribution in [0.3, 0.4) is 0 Å². The van der Waals surface area contributed by atoms with Crippen molar-refractivity contribution in [2.75, 3.05) is 0 Å². The van der Waals surface area contributed by atoms with Gasteiger partial charge in [-0.2, -0.15) is 9.97 Å². The molecule has 0 fully saturated rings. The van der Waals surface area contributed by atoms with Gasteiger partial charge in [0.2, 0.25) is 5.16 Å². The van der Waals surface area contributed by atoms with E-state index in [-0.39, 0.29) is 13.0 Å². The standard InChI is InChI=1S/C27H32N8O4S.C19H22N6O3S.C2H6/c1-7-18(10-9-15(3)4)13-34-23-22(24(38)30-27(34)39)33(8-2)20(29-23)14-40-26-31-25-28-16(5)19(11-12-21(36)37)17(6)35(25)32-26;1-4-6-9-25-16-14(17(26)23-18(25)27)24(5-2)13(21-16)10-29-19-22-15-12(28-19)8-7-11(3)20-15;1-2/h7,9-10H,1,8,11-14H2,2-6H3,(H,36,37)(H,30,38,39);7-8H,4-6,9-10H2,1-3H3,(H,23,26,27);1-2H3/b18-10+;;. The molecule has 71 heavy (non-hydrogen) atoms. The molecule has 21 nitrogen and oxygen atoms in total. The molecule has 0 spiro atoms. The maximum Gasteiger partial charge on any atom is 0.330 e. The van der Waals surface area contributed by atoms with E-state index in [1.54, 1.807) is 19.7 Å². The third-order valence-corrected chi connectivity index (χ3v) is 12.8. The second kappa shape index (κ2) is 23.6. The van der Waals surface area contributed by atoms with Gasteiger partial charge in [0.15, 0.2) is 33.6 Å². The molecule has 3 N–H and O–H groups in total. The zero-order valence-corrected chi connectivity index (χ0v) is 43.4. The van der Waals surface area contributed by atoms with E-state index in [2.05, 4.69) is 53.5 Å². The summed E-state index contributed by atoms with van der Waals surface area (Å²) in [6.45, 7) is 25.1. The van der Waals surface area contributed by atoms with Crippen molar-refractivity contribution in [3.8, 4) is 0 Å². The molecule has 8 aromatic heterocycles. The highest BCUT2D eigenvalue weighted by atomic mass is 32.2. The molecule has 0 unspecified atom stereocenters. The molecule has 0 aliphatic carbocycles. The average Bonchev–Trinajstić information content (AvgIpc) is 4.13. The molecule has 8 rings (SSSR count). The number of aryl methyl sites for hydroxylation is 6. The lowest BCUT2D eigenvalue weighted by atomic mass is 10.1. The van der Waals surface area contributed by atoms with Gasteiger partial charge in [-0.3, -0.25) is 33.5 Å². The molecule has 0 aliphatic rings. The summed E-state index contributed by atoms with van der Waals surface area (Å²) in [5.74, 6) is 1.64. The zero-order valence-electron chi connectivity index (χ0n) is 41.7. The van der Waals surface area contributed by atoms with Crippen LogP contribution in [0.5, 0.6) is 0 Å². The monoisotopic (exact) mass is 1010 g/mol. The van der Waals surface area contributed by atoms with E-state index in [9.17, 15) is 24.0 Å². The van der Waals surface area contributed by atoms with E-state index in [0.29, 0.717) is 98.9 Å². The lowest BCUT2D eigenvalue weighted by Gasteiger charge is -2.08. The van der Waals surface area contributed by atoms with Crippen LogP contribution in [-0.4, -0.2) is 78.8 Å². The number of aromatic nitrogens is 14. The Morgan fingerprint density at radius 2 is 1.42 bits per heavy atom. The number of H-pyrrole nitrogens is 2. The highest BCUT2D eigenvalue weighted by Gasteiger charge is 2.22. The molecule has 23 heteroatoms. The number of thioether (sulfide) groups is 2. The molecule has 0 bridgehead atoms. The molecule has 0 aromatic carbocycles. The molecule has 376 valence electrons. The number of carbonyl (C=O) groups is 1. The minimum absolute atomic E-state index is 0.00163. The van der Waals surface area contributed by atoms with Crippen LogP contribution in [0.2, 0.25) is 0 Å².